The van der Waals surface area contributed by atoms with Crippen LogP contribution >= 0.6 is 0 Å². The van der Waals surface area contributed by atoms with Crippen molar-refractivity contribution in [2.24, 2.45) is 17.8 Å². The number of hydrogen-bond donors (Lipinski definition) is 1. The molecule has 1 N–H and O–H groups in total. The molecule has 0 radical (unpaired) electrons. The number of carbonyl (C=O) groups is 3. The van der Waals surface area contributed by atoms with E-state index >= 15 is 0 Å². The van der Waals surface area contributed by atoms with Crippen molar-refractivity contribution in [2.45, 2.75) is 96.2 Å². The summed E-state index contributed by atoms with van der Waals surface area (Å²) in [5.74, 6) is 6.09. The largest absolute Gasteiger partial charge is 0.481 e. The summed E-state index contributed by atoms with van der Waals surface area (Å²) in [6.07, 6.45) is 10.9. The number of fused-ring (bicyclic) bond motifs is 1. The van der Waals surface area contributed by atoms with Crippen LogP contribution in [0.2, 0.25) is 0 Å². The van der Waals surface area contributed by atoms with Crippen molar-refractivity contribution in [1.29, 1.82) is 0 Å². The first kappa shape index (κ1) is 23.4. The summed E-state index contributed by atoms with van der Waals surface area (Å²) in [6, 6.07) is 0. The van der Waals surface area contributed by atoms with Gasteiger partial charge in [0.1, 0.15) is 6.10 Å². The van der Waals surface area contributed by atoms with Gasteiger partial charge < -0.3 is 14.6 Å². The normalized spacial score (nSPS) is 30.2. The highest BCUT2D eigenvalue weighted by molar-refractivity contribution is 5.67. The summed E-state index contributed by atoms with van der Waals surface area (Å²) in [5.41, 5.74) is 0.651. The summed E-state index contributed by atoms with van der Waals surface area (Å²) >= 11 is 0. The molecule has 0 aliphatic heterocycles. The number of rotatable bonds is 6. The summed E-state index contributed by atoms with van der Waals surface area (Å²) < 4.78 is 11.3. The third-order valence-electron chi connectivity index (χ3n) is 6.84. The fourth-order valence-corrected chi connectivity index (χ4v) is 5.57. The highest BCUT2D eigenvalue weighted by Crippen LogP contribution is 2.51. The number of unbranched alkanes of at least 4 members (excludes halogenated alkanes) is 1. The number of ether oxygens (including phenoxy) is 2. The lowest BCUT2D eigenvalue weighted by atomic mass is 9.83. The second kappa shape index (κ2) is 10.3. The number of carboxylic acids is 1. The van der Waals surface area contributed by atoms with E-state index < -0.39 is 11.6 Å². The Kier molecular flexibility index (Phi) is 7.80. The highest BCUT2D eigenvalue weighted by atomic mass is 16.6. The summed E-state index contributed by atoms with van der Waals surface area (Å²) in [7, 11) is 0. The topological polar surface area (TPSA) is 89.9 Å². The second-order valence-corrected chi connectivity index (χ2v) is 9.31. The van der Waals surface area contributed by atoms with Crippen molar-refractivity contribution >= 4 is 17.9 Å². The maximum absolute atomic E-state index is 11.7. The minimum atomic E-state index is -0.759. The van der Waals surface area contributed by atoms with Crippen LogP contribution in [0.25, 0.3) is 0 Å². The molecule has 4 atom stereocenters. The predicted octanol–water partition coefficient (Wildman–Crippen LogP) is 4.41. The molecule has 3 fully saturated rings. The van der Waals surface area contributed by atoms with Crippen molar-refractivity contribution in [3.8, 4) is 11.8 Å². The van der Waals surface area contributed by atoms with Crippen LogP contribution in [0.15, 0.2) is 11.6 Å². The van der Waals surface area contributed by atoms with Gasteiger partial charge in [0.05, 0.1) is 5.92 Å². The molecule has 6 heteroatoms. The van der Waals surface area contributed by atoms with Crippen molar-refractivity contribution in [3.05, 3.63) is 11.6 Å². The Morgan fingerprint density at radius 1 is 1.13 bits per heavy atom. The van der Waals surface area contributed by atoms with Gasteiger partial charge in [-0.25, -0.2) is 0 Å². The van der Waals surface area contributed by atoms with Crippen LogP contribution in [0.5, 0.6) is 0 Å². The monoisotopic (exact) mass is 430 g/mol. The lowest BCUT2D eigenvalue weighted by molar-refractivity contribution is -0.153. The van der Waals surface area contributed by atoms with E-state index in [-0.39, 0.29) is 30.4 Å². The van der Waals surface area contributed by atoms with E-state index in [1.807, 2.05) is 0 Å². The van der Waals surface area contributed by atoms with E-state index in [1.165, 1.54) is 19.4 Å². The lowest BCUT2D eigenvalue weighted by Crippen LogP contribution is -2.35. The minimum absolute atomic E-state index is 0.0619. The molecule has 0 spiro atoms. The van der Waals surface area contributed by atoms with Gasteiger partial charge in [-0.2, -0.15) is 0 Å². The van der Waals surface area contributed by atoms with Crippen molar-refractivity contribution in [3.63, 3.8) is 0 Å². The number of carbonyl (C=O) groups excluding carboxylic acids is 2. The lowest BCUT2D eigenvalue weighted by Gasteiger charge is -2.32. The Hall–Kier alpha value is -2.29. The third-order valence-corrected chi connectivity index (χ3v) is 6.84. The Balaban J connectivity index is 1.75. The molecule has 3 rings (SSSR count). The second-order valence-electron chi connectivity index (χ2n) is 9.31. The molecular weight excluding hydrogens is 396 g/mol. The van der Waals surface area contributed by atoms with Gasteiger partial charge in [-0.1, -0.05) is 29.9 Å². The first-order valence-corrected chi connectivity index (χ1v) is 11.6. The molecule has 6 nitrogen and oxygen atoms in total. The maximum atomic E-state index is 11.7. The molecule has 0 saturated heterocycles. The van der Waals surface area contributed by atoms with Gasteiger partial charge in [0, 0.05) is 20.3 Å². The van der Waals surface area contributed by atoms with Gasteiger partial charge in [0.15, 0.2) is 5.60 Å². The van der Waals surface area contributed by atoms with Crippen LogP contribution in [-0.2, 0) is 23.9 Å². The molecule has 0 amide bonds. The fourth-order valence-electron chi connectivity index (χ4n) is 5.57. The Morgan fingerprint density at radius 2 is 1.87 bits per heavy atom. The molecule has 0 heterocycles. The smallest absolute Gasteiger partial charge is 0.304 e. The van der Waals surface area contributed by atoms with Gasteiger partial charge in [0.25, 0.3) is 0 Å². The van der Waals surface area contributed by atoms with Crippen molar-refractivity contribution < 1.29 is 29.0 Å². The number of carboxylic acid groups (broad SMARTS) is 1. The van der Waals surface area contributed by atoms with Crippen LogP contribution < -0.4 is 0 Å². The summed E-state index contributed by atoms with van der Waals surface area (Å²) in [5, 5.41) is 8.81. The van der Waals surface area contributed by atoms with Gasteiger partial charge in [-0.05, 0) is 69.6 Å². The van der Waals surface area contributed by atoms with E-state index in [0.29, 0.717) is 18.3 Å². The molecule has 3 saturated carbocycles. The van der Waals surface area contributed by atoms with Crippen LogP contribution in [0.1, 0.15) is 84.5 Å². The van der Waals surface area contributed by atoms with Crippen LogP contribution in [0.4, 0.5) is 0 Å². The number of aliphatic carboxylic acids is 1. The van der Waals surface area contributed by atoms with Crippen LogP contribution in [-0.4, -0.2) is 34.7 Å². The molecule has 2 unspecified atom stereocenters. The predicted molar refractivity (Wildman–Crippen MR) is 115 cm³/mol. The molecule has 3 aliphatic carbocycles. The van der Waals surface area contributed by atoms with Crippen molar-refractivity contribution in [2.75, 3.05) is 0 Å². The van der Waals surface area contributed by atoms with Crippen LogP contribution in [0.3, 0.4) is 0 Å². The summed E-state index contributed by atoms with van der Waals surface area (Å²) in [4.78, 5) is 34.1. The van der Waals surface area contributed by atoms with E-state index in [0.717, 1.165) is 57.8 Å². The Morgan fingerprint density at radius 3 is 2.52 bits per heavy atom. The highest BCUT2D eigenvalue weighted by Gasteiger charge is 2.48. The molecule has 0 bridgehead atoms. The van der Waals surface area contributed by atoms with Crippen LogP contribution in [0, 0.1) is 29.6 Å². The number of esters is 2. The van der Waals surface area contributed by atoms with E-state index in [1.54, 1.807) is 0 Å². The molecule has 3 aliphatic rings. The third kappa shape index (κ3) is 6.35. The zero-order valence-corrected chi connectivity index (χ0v) is 18.7. The van der Waals surface area contributed by atoms with Gasteiger partial charge in [0.2, 0.25) is 0 Å². The van der Waals surface area contributed by atoms with Gasteiger partial charge >= 0.3 is 17.9 Å². The zero-order chi connectivity index (χ0) is 22.4. The quantitative estimate of drug-likeness (QED) is 0.290. The molecule has 31 heavy (non-hydrogen) atoms. The summed E-state index contributed by atoms with van der Waals surface area (Å²) in [6.45, 7) is 2.87. The fraction of sp³-hybridized carbons (Fsp3) is 0.720. The average molecular weight is 431 g/mol. The maximum Gasteiger partial charge on any atom is 0.304 e. The average Bonchev–Trinajstić information content (AvgIpc) is 3.20. The first-order chi connectivity index (χ1) is 14.8. The Bertz CT molecular complexity index is 780. The van der Waals surface area contributed by atoms with E-state index in [4.69, 9.17) is 14.6 Å². The molecule has 0 aromatic carbocycles. The molecular formula is C25H34O6. The SMILES string of the molecule is CC(=O)O[C@@H]1CC2CC(=CCCCC(=O)O)CC2[C@H]1C#CC1(OC(C)=O)CCCCC1. The zero-order valence-electron chi connectivity index (χ0n) is 18.7. The number of allylic oxidation sites excluding steroid dienone is 2. The standard InChI is InChI=1S/C25H34O6/c1-17(26)30-23-16-20-14-19(8-4-5-9-24(28)29)15-22(20)21(23)10-13-25(31-18(2)27)11-6-3-7-12-25/h8,20-23H,3-7,9,11-12,14-16H2,1-2H3,(H,28,29)/t20?,21-,22?,23-/m1/s1. The minimum Gasteiger partial charge on any atom is -0.481 e. The van der Waals surface area contributed by atoms with E-state index in [9.17, 15) is 14.4 Å². The molecule has 170 valence electrons. The molecule has 0 aromatic heterocycles. The number of hydrogen-bond acceptors (Lipinski definition) is 5. The van der Waals surface area contributed by atoms with E-state index in [2.05, 4.69) is 17.9 Å². The Labute approximate surface area is 184 Å². The first-order valence-electron chi connectivity index (χ1n) is 11.6. The molecule has 0 aromatic rings. The van der Waals surface area contributed by atoms with Crippen molar-refractivity contribution in [1.82, 2.24) is 0 Å². The van der Waals surface area contributed by atoms with Gasteiger partial charge in [-0.3, -0.25) is 14.4 Å². The van der Waals surface area contributed by atoms with Gasteiger partial charge in [-0.15, -0.1) is 0 Å².